The van der Waals surface area contributed by atoms with Gasteiger partial charge >= 0.3 is 0 Å². The van der Waals surface area contributed by atoms with Crippen molar-refractivity contribution in [2.75, 3.05) is 19.3 Å². The summed E-state index contributed by atoms with van der Waals surface area (Å²) in [7, 11) is 0. The number of β-amino-alcohol motifs (C(OH)–C–C–N with tert-alkyl or cyclic N) is 1. The average molecular weight is 267 g/mol. The Kier molecular flexibility index (Phi) is 4.33. The zero-order chi connectivity index (χ0) is 13.2. The van der Waals surface area contributed by atoms with Gasteiger partial charge in [-0.1, -0.05) is 12.1 Å². The predicted octanol–water partition coefficient (Wildman–Crippen LogP) is 1.73. The maximum Gasteiger partial charge on any atom is 0.0951 e. The van der Waals surface area contributed by atoms with Crippen LogP contribution in [-0.2, 0) is 6.54 Å². The fourth-order valence-corrected chi connectivity index (χ4v) is 2.62. The molecule has 1 heterocycles. The lowest BCUT2D eigenvalue weighted by Crippen LogP contribution is -2.53. The van der Waals surface area contributed by atoms with Crippen LogP contribution in [0.4, 0.5) is 0 Å². The molecule has 4 heteroatoms. The lowest BCUT2D eigenvalue weighted by Gasteiger charge is -2.39. The molecular weight excluding hydrogens is 246 g/mol. The van der Waals surface area contributed by atoms with Gasteiger partial charge in [0.15, 0.2) is 0 Å². The van der Waals surface area contributed by atoms with Crippen molar-refractivity contribution >= 4 is 11.8 Å². The van der Waals surface area contributed by atoms with Gasteiger partial charge in [0.1, 0.15) is 0 Å². The van der Waals surface area contributed by atoms with E-state index >= 15 is 0 Å². The largest absolute Gasteiger partial charge is 0.389 e. The Morgan fingerprint density at radius 1 is 1.39 bits per heavy atom. The van der Waals surface area contributed by atoms with Crippen LogP contribution in [0, 0.1) is 0 Å². The first-order chi connectivity index (χ1) is 8.51. The molecular formula is C14H21NO2S. The summed E-state index contributed by atoms with van der Waals surface area (Å²) in [6.45, 7) is 3.91. The second kappa shape index (κ2) is 5.61. The molecule has 100 valence electrons. The molecule has 2 atom stereocenters. The lowest BCUT2D eigenvalue weighted by molar-refractivity contribution is -0.108. The highest BCUT2D eigenvalue weighted by Gasteiger charge is 2.36. The summed E-state index contributed by atoms with van der Waals surface area (Å²) in [6, 6.07) is 8.50. The maximum absolute atomic E-state index is 9.92. The number of nitrogens with zero attached hydrogens (tertiary/aromatic N) is 1. The van der Waals surface area contributed by atoms with Crippen LogP contribution in [0.25, 0.3) is 0 Å². The zero-order valence-electron chi connectivity index (χ0n) is 11.0. The van der Waals surface area contributed by atoms with Crippen LogP contribution in [0.5, 0.6) is 0 Å². The van der Waals surface area contributed by atoms with Gasteiger partial charge in [0.25, 0.3) is 0 Å². The van der Waals surface area contributed by atoms with E-state index in [1.807, 2.05) is 0 Å². The number of aliphatic hydroxyl groups is 2. The third-order valence-corrected chi connectivity index (χ3v) is 4.39. The van der Waals surface area contributed by atoms with Crippen molar-refractivity contribution < 1.29 is 10.2 Å². The predicted molar refractivity (Wildman–Crippen MR) is 74.7 cm³/mol. The molecule has 0 spiro atoms. The summed E-state index contributed by atoms with van der Waals surface area (Å²) in [4.78, 5) is 3.46. The summed E-state index contributed by atoms with van der Waals surface area (Å²) in [6.07, 6.45) is 2.03. The molecule has 1 aliphatic rings. The molecule has 0 unspecified atom stereocenters. The third kappa shape index (κ3) is 3.26. The normalized spacial score (nSPS) is 29.4. The summed E-state index contributed by atoms with van der Waals surface area (Å²) >= 11 is 1.74. The number of hydrogen-bond donors (Lipinski definition) is 2. The van der Waals surface area contributed by atoms with Crippen LogP contribution in [0.3, 0.4) is 0 Å². The van der Waals surface area contributed by atoms with Gasteiger partial charge in [-0.15, -0.1) is 11.8 Å². The van der Waals surface area contributed by atoms with E-state index < -0.39 is 11.7 Å². The highest BCUT2D eigenvalue weighted by molar-refractivity contribution is 7.98. The number of piperidine rings is 1. The molecule has 0 bridgehead atoms. The van der Waals surface area contributed by atoms with Gasteiger partial charge in [-0.3, -0.25) is 4.90 Å². The quantitative estimate of drug-likeness (QED) is 0.819. The molecule has 0 aromatic heterocycles. The van der Waals surface area contributed by atoms with E-state index in [4.69, 9.17) is 0 Å². The molecule has 0 amide bonds. The Hall–Kier alpha value is -0.550. The maximum atomic E-state index is 9.92. The fourth-order valence-electron chi connectivity index (χ4n) is 2.22. The van der Waals surface area contributed by atoms with Gasteiger partial charge in [-0.2, -0.15) is 0 Å². The molecule has 1 aromatic carbocycles. The zero-order valence-corrected chi connectivity index (χ0v) is 11.8. The highest BCUT2D eigenvalue weighted by atomic mass is 32.2. The molecule has 1 saturated heterocycles. The standard InChI is InChI=1S/C14H21NO2S/c1-14(17)7-8-15(10-13(14)16)9-11-3-5-12(18-2)6-4-11/h3-6,13,16-17H,7-10H2,1-2H3/t13-,14-/m1/s1. The van der Waals surface area contributed by atoms with Crippen LogP contribution in [0.15, 0.2) is 29.2 Å². The molecule has 0 saturated carbocycles. The van der Waals surface area contributed by atoms with Crippen LogP contribution >= 0.6 is 11.8 Å². The number of thioether (sulfide) groups is 1. The Morgan fingerprint density at radius 2 is 2.06 bits per heavy atom. The van der Waals surface area contributed by atoms with Crippen LogP contribution in [0.1, 0.15) is 18.9 Å². The van der Waals surface area contributed by atoms with Crippen LogP contribution < -0.4 is 0 Å². The van der Waals surface area contributed by atoms with E-state index in [1.54, 1.807) is 18.7 Å². The monoisotopic (exact) mass is 267 g/mol. The van der Waals surface area contributed by atoms with Crippen molar-refractivity contribution in [3.05, 3.63) is 29.8 Å². The minimum atomic E-state index is -0.931. The van der Waals surface area contributed by atoms with E-state index in [0.29, 0.717) is 13.0 Å². The number of aliphatic hydroxyl groups excluding tert-OH is 1. The van der Waals surface area contributed by atoms with Gasteiger partial charge in [0, 0.05) is 24.5 Å². The van der Waals surface area contributed by atoms with Crippen molar-refractivity contribution in [3.8, 4) is 0 Å². The Morgan fingerprint density at radius 3 is 2.61 bits per heavy atom. The molecule has 1 aliphatic heterocycles. The van der Waals surface area contributed by atoms with E-state index in [9.17, 15) is 10.2 Å². The van der Waals surface area contributed by atoms with Crippen LogP contribution in [-0.4, -0.2) is 46.2 Å². The minimum Gasteiger partial charge on any atom is -0.389 e. The van der Waals surface area contributed by atoms with E-state index in [0.717, 1.165) is 13.1 Å². The minimum absolute atomic E-state index is 0.539. The Bertz CT molecular complexity index is 391. The number of hydrogen-bond acceptors (Lipinski definition) is 4. The summed E-state index contributed by atoms with van der Waals surface area (Å²) in [5.41, 5.74) is 0.320. The number of rotatable bonds is 3. The summed E-state index contributed by atoms with van der Waals surface area (Å²) in [5, 5.41) is 19.8. The second-order valence-corrected chi connectivity index (χ2v) is 6.09. The van der Waals surface area contributed by atoms with E-state index in [1.165, 1.54) is 10.5 Å². The van der Waals surface area contributed by atoms with E-state index in [-0.39, 0.29) is 0 Å². The van der Waals surface area contributed by atoms with Crippen LogP contribution in [0.2, 0.25) is 0 Å². The molecule has 18 heavy (non-hydrogen) atoms. The molecule has 2 N–H and O–H groups in total. The van der Waals surface area contributed by atoms with Crippen molar-refractivity contribution in [1.82, 2.24) is 4.90 Å². The van der Waals surface area contributed by atoms with Gasteiger partial charge < -0.3 is 10.2 Å². The fraction of sp³-hybridized carbons (Fsp3) is 0.571. The van der Waals surface area contributed by atoms with Gasteiger partial charge in [0.2, 0.25) is 0 Å². The topological polar surface area (TPSA) is 43.7 Å². The molecule has 1 aromatic rings. The van der Waals surface area contributed by atoms with Crippen molar-refractivity contribution in [3.63, 3.8) is 0 Å². The SMILES string of the molecule is CSc1ccc(CN2CC[C@@](C)(O)[C@H](O)C2)cc1. The lowest BCUT2D eigenvalue weighted by atomic mass is 9.90. The number of benzene rings is 1. The van der Waals surface area contributed by atoms with Crippen molar-refractivity contribution in [2.24, 2.45) is 0 Å². The van der Waals surface area contributed by atoms with Gasteiger partial charge in [0.05, 0.1) is 11.7 Å². The van der Waals surface area contributed by atoms with Crippen molar-refractivity contribution in [2.45, 2.75) is 36.5 Å². The smallest absolute Gasteiger partial charge is 0.0951 e. The third-order valence-electron chi connectivity index (χ3n) is 3.65. The first-order valence-electron chi connectivity index (χ1n) is 6.27. The molecule has 2 rings (SSSR count). The first kappa shape index (κ1) is 13.9. The average Bonchev–Trinajstić information content (AvgIpc) is 2.35. The van der Waals surface area contributed by atoms with Gasteiger partial charge in [-0.05, 0) is 37.3 Å². The molecule has 0 aliphatic carbocycles. The molecule has 1 fully saturated rings. The van der Waals surface area contributed by atoms with E-state index in [2.05, 4.69) is 35.4 Å². The van der Waals surface area contributed by atoms with Crippen molar-refractivity contribution in [1.29, 1.82) is 0 Å². The summed E-state index contributed by atoms with van der Waals surface area (Å²) in [5.74, 6) is 0. The highest BCUT2D eigenvalue weighted by Crippen LogP contribution is 2.23. The molecule has 0 radical (unpaired) electrons. The Balaban J connectivity index is 1.94. The Labute approximate surface area is 113 Å². The first-order valence-corrected chi connectivity index (χ1v) is 7.49. The summed E-state index contributed by atoms with van der Waals surface area (Å²) < 4.78 is 0. The molecule has 3 nitrogen and oxygen atoms in total. The number of likely N-dealkylation sites (tertiary alicyclic amines) is 1. The van der Waals surface area contributed by atoms with Gasteiger partial charge in [-0.25, -0.2) is 0 Å². The second-order valence-electron chi connectivity index (χ2n) is 5.21.